The summed E-state index contributed by atoms with van der Waals surface area (Å²) in [5, 5.41) is 31.8. The van der Waals surface area contributed by atoms with Crippen LogP contribution >= 0.6 is 0 Å². The van der Waals surface area contributed by atoms with Gasteiger partial charge in [-0.3, -0.25) is 14.4 Å². The highest BCUT2D eigenvalue weighted by atomic mass is 16.3. The number of aliphatic hydroxyl groups excluding tert-OH is 1. The van der Waals surface area contributed by atoms with Crippen molar-refractivity contribution >= 4 is 23.1 Å². The smallest absolute Gasteiger partial charge is 0.184 e. The second-order valence-corrected chi connectivity index (χ2v) is 14.0. The van der Waals surface area contributed by atoms with E-state index < -0.39 is 50.6 Å². The van der Waals surface area contributed by atoms with Gasteiger partial charge < -0.3 is 15.3 Å². The minimum absolute atomic E-state index is 0.0199. The van der Waals surface area contributed by atoms with Crippen molar-refractivity contribution in [3.05, 3.63) is 75.9 Å². The normalized spacial score (nSPS) is 27.4. The molecule has 6 nitrogen and oxygen atoms in total. The summed E-state index contributed by atoms with van der Waals surface area (Å²) in [6.07, 6.45) is 10.4. The first-order chi connectivity index (χ1) is 20.4. The number of hydrogen-bond donors (Lipinski definition) is 3. The molecule has 0 saturated heterocycles. The molecule has 2 saturated carbocycles. The molecule has 0 aromatic heterocycles. The number of ketones is 3. The molecule has 0 heterocycles. The van der Waals surface area contributed by atoms with Crippen LogP contribution in [0.25, 0.3) is 5.76 Å². The number of phenolic OH excluding ortho intramolecular Hbond substituents is 2. The van der Waals surface area contributed by atoms with Gasteiger partial charge in [0.2, 0.25) is 0 Å². The van der Waals surface area contributed by atoms with Crippen LogP contribution in [0.4, 0.5) is 0 Å². The van der Waals surface area contributed by atoms with Gasteiger partial charge in [0.1, 0.15) is 16.7 Å². The van der Waals surface area contributed by atoms with Crippen LogP contribution in [0, 0.1) is 22.2 Å². The molecule has 3 rings (SSSR count). The predicted octanol–water partition coefficient (Wildman–Crippen LogP) is 8.90. The van der Waals surface area contributed by atoms with E-state index in [9.17, 15) is 20.1 Å². The fourth-order valence-corrected chi connectivity index (χ4v) is 7.12. The summed E-state index contributed by atoms with van der Waals surface area (Å²) in [5.74, 6) is -3.32. The molecule has 2 fully saturated rings. The molecular weight excluding hydrogens is 552 g/mol. The van der Waals surface area contributed by atoms with E-state index in [-0.39, 0.29) is 36.5 Å². The molecule has 0 radical (unpaired) electrons. The van der Waals surface area contributed by atoms with Crippen LogP contribution < -0.4 is 0 Å². The highest BCUT2D eigenvalue weighted by Crippen LogP contribution is 2.67. The van der Waals surface area contributed by atoms with Gasteiger partial charge in [0.15, 0.2) is 28.8 Å². The molecule has 44 heavy (non-hydrogen) atoms. The van der Waals surface area contributed by atoms with Gasteiger partial charge in [-0.25, -0.2) is 0 Å². The lowest BCUT2D eigenvalue weighted by Gasteiger charge is -2.61. The van der Waals surface area contributed by atoms with E-state index in [2.05, 4.69) is 12.2 Å². The maximum Gasteiger partial charge on any atom is 0.184 e. The third kappa shape index (κ3) is 6.13. The van der Waals surface area contributed by atoms with Crippen LogP contribution in [-0.2, 0) is 14.4 Å². The van der Waals surface area contributed by atoms with Gasteiger partial charge in [0.25, 0.3) is 0 Å². The molecule has 1 aromatic rings. The summed E-state index contributed by atoms with van der Waals surface area (Å²) in [7, 11) is 0. The molecule has 6 heteroatoms. The summed E-state index contributed by atoms with van der Waals surface area (Å²) in [5.41, 5.74) is -0.210. The molecule has 3 N–H and O–H groups in total. The Bertz CT molecular complexity index is 1480. The van der Waals surface area contributed by atoms with Crippen molar-refractivity contribution in [1.82, 2.24) is 0 Å². The predicted molar refractivity (Wildman–Crippen MR) is 176 cm³/mol. The molecule has 0 unspecified atom stereocenters. The van der Waals surface area contributed by atoms with Crippen LogP contribution in [0.1, 0.15) is 106 Å². The first-order valence-electron chi connectivity index (χ1n) is 15.6. The lowest BCUT2D eigenvalue weighted by Crippen LogP contribution is -2.70. The molecule has 1 aromatic carbocycles. The summed E-state index contributed by atoms with van der Waals surface area (Å²) in [4.78, 5) is 45.0. The highest BCUT2D eigenvalue weighted by molar-refractivity contribution is 6.41. The number of benzene rings is 1. The fourth-order valence-electron chi connectivity index (χ4n) is 7.12. The lowest BCUT2D eigenvalue weighted by atomic mass is 9.37. The monoisotopic (exact) mass is 602 g/mol. The Morgan fingerprint density at radius 2 is 1.36 bits per heavy atom. The number of aliphatic hydroxyl groups is 1. The third-order valence-electron chi connectivity index (χ3n) is 9.76. The number of aromatic hydroxyl groups is 2. The van der Waals surface area contributed by atoms with Crippen molar-refractivity contribution in [3.63, 3.8) is 0 Å². The zero-order valence-corrected chi connectivity index (χ0v) is 27.9. The topological polar surface area (TPSA) is 112 Å². The van der Waals surface area contributed by atoms with Gasteiger partial charge in [-0.1, -0.05) is 53.5 Å². The van der Waals surface area contributed by atoms with E-state index in [4.69, 9.17) is 0 Å². The minimum atomic E-state index is -1.61. The average molecular weight is 603 g/mol. The number of carbonyl (C=O) groups is 3. The van der Waals surface area contributed by atoms with Crippen molar-refractivity contribution in [2.45, 2.75) is 101 Å². The maximum atomic E-state index is 15.2. The van der Waals surface area contributed by atoms with Gasteiger partial charge in [0, 0.05) is 5.56 Å². The average Bonchev–Trinajstić information content (AvgIpc) is 2.92. The summed E-state index contributed by atoms with van der Waals surface area (Å²) < 4.78 is 0. The zero-order valence-electron chi connectivity index (χ0n) is 27.9. The van der Waals surface area contributed by atoms with E-state index in [1.165, 1.54) is 12.1 Å². The Balaban J connectivity index is 2.51. The van der Waals surface area contributed by atoms with Gasteiger partial charge >= 0.3 is 0 Å². The Morgan fingerprint density at radius 3 is 1.91 bits per heavy atom. The molecule has 0 spiro atoms. The standard InChI is InChI=1S/C38H50O6/c1-23(2)11-10-18-36(9)28(14-12-24(3)4)22-37(19-16-25(5)6)33(42)31(32(41)27-13-15-29(39)30(40)21-27)34(43)38(36,35(37)44)20-17-26(7)8/h11-13,15-17,21,28,39-41H,10,14,18-20,22H2,1-9H3/b32-31+/t28-,36+,37+,38-/m1/s1. The fraction of sp³-hybridized carbons (Fsp3) is 0.500. The second-order valence-electron chi connectivity index (χ2n) is 14.0. The highest BCUT2D eigenvalue weighted by Gasteiger charge is 2.74. The van der Waals surface area contributed by atoms with Crippen LogP contribution in [0.15, 0.2) is 70.4 Å². The Morgan fingerprint density at radius 1 is 0.795 bits per heavy atom. The molecule has 4 atom stereocenters. The molecule has 238 valence electrons. The molecule has 2 aliphatic rings. The van der Waals surface area contributed by atoms with Crippen LogP contribution in [-0.4, -0.2) is 32.7 Å². The van der Waals surface area contributed by atoms with Gasteiger partial charge in [0.05, 0.1) is 5.41 Å². The quantitative estimate of drug-likeness (QED) is 0.0616. The van der Waals surface area contributed by atoms with Crippen molar-refractivity contribution in [2.75, 3.05) is 0 Å². The first-order valence-corrected chi connectivity index (χ1v) is 15.6. The SMILES string of the molecule is CC(C)=CCC[C@@]1(C)[C@H](CC=C(C)C)C[C@@]2(CC=C(C)C)C(=O)/C(=C(\O)c3ccc(O)c(O)c3)C(=O)[C@]1(CC=C(C)C)C2=O. The molecular formula is C38H50O6. The van der Waals surface area contributed by atoms with Gasteiger partial charge in [-0.05, 0) is 123 Å². The van der Waals surface area contributed by atoms with Crippen LogP contribution in [0.5, 0.6) is 11.5 Å². The second kappa shape index (κ2) is 13.1. The van der Waals surface area contributed by atoms with Crippen LogP contribution in [0.3, 0.4) is 0 Å². The maximum absolute atomic E-state index is 15.2. The number of allylic oxidation sites excluding steroid dienone is 9. The summed E-state index contributed by atoms with van der Waals surface area (Å²) in [6, 6.07) is 3.67. The van der Waals surface area contributed by atoms with E-state index in [0.717, 1.165) is 28.4 Å². The number of hydrogen-bond acceptors (Lipinski definition) is 6. The molecule has 2 aliphatic carbocycles. The number of fused-ring (bicyclic) bond motifs is 2. The number of carbonyl (C=O) groups excluding carboxylic acids is 3. The van der Waals surface area contributed by atoms with Gasteiger partial charge in [-0.2, -0.15) is 0 Å². The molecule has 2 bridgehead atoms. The van der Waals surface area contributed by atoms with Crippen molar-refractivity contribution in [3.8, 4) is 11.5 Å². The minimum Gasteiger partial charge on any atom is -0.506 e. The lowest BCUT2D eigenvalue weighted by molar-refractivity contribution is -0.178. The summed E-state index contributed by atoms with van der Waals surface area (Å²) in [6.45, 7) is 17.8. The Hall–Kier alpha value is -3.67. The number of phenols is 2. The van der Waals surface area contributed by atoms with E-state index in [0.29, 0.717) is 19.3 Å². The number of rotatable bonds is 10. The molecule has 0 amide bonds. The van der Waals surface area contributed by atoms with E-state index in [1.54, 1.807) is 0 Å². The van der Waals surface area contributed by atoms with E-state index >= 15 is 9.59 Å². The van der Waals surface area contributed by atoms with Crippen LogP contribution in [0.2, 0.25) is 0 Å². The first kappa shape index (κ1) is 34.8. The van der Waals surface area contributed by atoms with Gasteiger partial charge in [-0.15, -0.1) is 0 Å². The van der Waals surface area contributed by atoms with Crippen molar-refractivity contribution in [2.24, 2.45) is 22.2 Å². The van der Waals surface area contributed by atoms with Crippen molar-refractivity contribution < 1.29 is 29.7 Å². The summed E-state index contributed by atoms with van der Waals surface area (Å²) >= 11 is 0. The largest absolute Gasteiger partial charge is 0.506 e. The third-order valence-corrected chi connectivity index (χ3v) is 9.76. The Labute approximate surface area is 263 Å². The van der Waals surface area contributed by atoms with Crippen molar-refractivity contribution in [1.29, 1.82) is 0 Å². The Kier molecular flexibility index (Phi) is 10.4. The number of Topliss-reactive ketones (excluding diaryl/α,β-unsaturated/α-hetero) is 3. The zero-order chi connectivity index (χ0) is 33.2. The van der Waals surface area contributed by atoms with E-state index in [1.807, 2.05) is 74.5 Å². The molecule has 0 aliphatic heterocycles.